The van der Waals surface area contributed by atoms with E-state index in [9.17, 15) is 0 Å². The van der Waals surface area contributed by atoms with Crippen molar-refractivity contribution in [3.63, 3.8) is 0 Å². The van der Waals surface area contributed by atoms with E-state index in [2.05, 4.69) is 49.3 Å². The smallest absolute Gasteiger partial charge is 0.0411 e. The van der Waals surface area contributed by atoms with Crippen LogP contribution in [0.25, 0.3) is 0 Å². The molecule has 2 heteroatoms. The van der Waals surface area contributed by atoms with Crippen molar-refractivity contribution in [3.8, 4) is 0 Å². The standard InChI is InChI=1S/C14H22N2/c1-11-7-12(2)9-14(8-11)16(3)13-5-4-6-15-10-13/h7-9,13,15H,4-6,10H2,1-3H3. The Kier molecular flexibility index (Phi) is 3.49. The number of hydrogen-bond donors (Lipinski definition) is 1. The van der Waals surface area contributed by atoms with Gasteiger partial charge in [0, 0.05) is 25.3 Å². The third kappa shape index (κ3) is 2.56. The number of rotatable bonds is 2. The van der Waals surface area contributed by atoms with Crippen LogP contribution in [0.3, 0.4) is 0 Å². The Balaban J connectivity index is 2.15. The normalized spacial score (nSPS) is 20.8. The van der Waals surface area contributed by atoms with Crippen LogP contribution in [0.1, 0.15) is 24.0 Å². The Morgan fingerprint density at radius 2 is 1.88 bits per heavy atom. The van der Waals surface area contributed by atoms with Crippen LogP contribution < -0.4 is 10.2 Å². The van der Waals surface area contributed by atoms with E-state index in [0.717, 1.165) is 6.54 Å². The summed E-state index contributed by atoms with van der Waals surface area (Å²) >= 11 is 0. The van der Waals surface area contributed by atoms with Crippen LogP contribution in [0.15, 0.2) is 18.2 Å². The van der Waals surface area contributed by atoms with Crippen LogP contribution >= 0.6 is 0 Å². The summed E-state index contributed by atoms with van der Waals surface area (Å²) < 4.78 is 0. The molecule has 0 saturated carbocycles. The predicted molar refractivity (Wildman–Crippen MR) is 70.2 cm³/mol. The molecule has 2 nitrogen and oxygen atoms in total. The molecule has 1 aliphatic heterocycles. The van der Waals surface area contributed by atoms with Gasteiger partial charge in [0.25, 0.3) is 0 Å². The summed E-state index contributed by atoms with van der Waals surface area (Å²) in [6.07, 6.45) is 2.59. The van der Waals surface area contributed by atoms with Crippen molar-refractivity contribution in [2.75, 3.05) is 25.0 Å². The zero-order chi connectivity index (χ0) is 11.5. The number of nitrogens with one attached hydrogen (secondary N) is 1. The summed E-state index contributed by atoms with van der Waals surface area (Å²) in [6.45, 7) is 6.63. The quantitative estimate of drug-likeness (QED) is 0.820. The Hall–Kier alpha value is -1.02. The zero-order valence-electron chi connectivity index (χ0n) is 10.6. The summed E-state index contributed by atoms with van der Waals surface area (Å²) in [5.74, 6) is 0. The molecule has 16 heavy (non-hydrogen) atoms. The van der Waals surface area contributed by atoms with Crippen LogP contribution in [0, 0.1) is 13.8 Å². The second kappa shape index (κ2) is 4.88. The second-order valence-electron chi connectivity index (χ2n) is 4.96. The molecular formula is C14H22N2. The lowest BCUT2D eigenvalue weighted by molar-refractivity contribution is 0.445. The SMILES string of the molecule is Cc1cc(C)cc(N(C)C2CCCNC2)c1. The minimum Gasteiger partial charge on any atom is -0.370 e. The molecule has 0 aromatic heterocycles. The monoisotopic (exact) mass is 218 g/mol. The molecule has 1 aromatic carbocycles. The first kappa shape index (κ1) is 11.5. The summed E-state index contributed by atoms with van der Waals surface area (Å²) in [7, 11) is 2.21. The first-order valence-corrected chi connectivity index (χ1v) is 6.18. The average Bonchev–Trinajstić information content (AvgIpc) is 2.28. The molecular weight excluding hydrogens is 196 g/mol. The van der Waals surface area contributed by atoms with Crippen molar-refractivity contribution >= 4 is 5.69 Å². The summed E-state index contributed by atoms with van der Waals surface area (Å²) in [5, 5.41) is 3.47. The van der Waals surface area contributed by atoms with Gasteiger partial charge in [-0.25, -0.2) is 0 Å². The van der Waals surface area contributed by atoms with Gasteiger partial charge in [-0.2, -0.15) is 0 Å². The Morgan fingerprint density at radius 3 is 2.44 bits per heavy atom. The molecule has 1 unspecified atom stereocenters. The van der Waals surface area contributed by atoms with Gasteiger partial charge in [0.2, 0.25) is 0 Å². The minimum atomic E-state index is 0.648. The summed E-state index contributed by atoms with van der Waals surface area (Å²) in [4.78, 5) is 2.42. The first-order valence-electron chi connectivity index (χ1n) is 6.18. The fraction of sp³-hybridized carbons (Fsp3) is 0.571. The molecule has 1 atom stereocenters. The number of likely N-dealkylation sites (N-methyl/N-ethyl adjacent to an activating group) is 1. The van der Waals surface area contributed by atoms with E-state index in [1.54, 1.807) is 0 Å². The molecule has 1 N–H and O–H groups in total. The summed E-state index contributed by atoms with van der Waals surface area (Å²) in [5.41, 5.74) is 4.06. The maximum Gasteiger partial charge on any atom is 0.0411 e. The molecule has 1 aliphatic rings. The van der Waals surface area contributed by atoms with Gasteiger partial charge in [0.1, 0.15) is 0 Å². The van der Waals surface area contributed by atoms with Gasteiger partial charge in [0.15, 0.2) is 0 Å². The average molecular weight is 218 g/mol. The van der Waals surface area contributed by atoms with Gasteiger partial charge < -0.3 is 10.2 Å². The number of piperidine rings is 1. The van der Waals surface area contributed by atoms with Gasteiger partial charge in [-0.05, 0) is 56.5 Å². The Morgan fingerprint density at radius 1 is 1.19 bits per heavy atom. The minimum absolute atomic E-state index is 0.648. The van der Waals surface area contributed by atoms with Gasteiger partial charge in [-0.15, -0.1) is 0 Å². The molecule has 1 fully saturated rings. The fourth-order valence-electron chi connectivity index (χ4n) is 2.53. The van der Waals surface area contributed by atoms with Crippen molar-refractivity contribution in [3.05, 3.63) is 29.3 Å². The van der Waals surface area contributed by atoms with E-state index in [4.69, 9.17) is 0 Å². The van der Waals surface area contributed by atoms with E-state index in [1.807, 2.05) is 0 Å². The van der Waals surface area contributed by atoms with E-state index in [-0.39, 0.29) is 0 Å². The van der Waals surface area contributed by atoms with Crippen LogP contribution in [-0.2, 0) is 0 Å². The van der Waals surface area contributed by atoms with Crippen molar-refractivity contribution in [1.29, 1.82) is 0 Å². The molecule has 1 heterocycles. The molecule has 0 spiro atoms. The number of hydrogen-bond acceptors (Lipinski definition) is 2. The zero-order valence-corrected chi connectivity index (χ0v) is 10.6. The molecule has 0 radical (unpaired) electrons. The van der Waals surface area contributed by atoms with E-state index < -0.39 is 0 Å². The molecule has 2 rings (SSSR count). The van der Waals surface area contributed by atoms with Crippen molar-refractivity contribution in [2.45, 2.75) is 32.7 Å². The third-order valence-corrected chi connectivity index (χ3v) is 3.43. The summed E-state index contributed by atoms with van der Waals surface area (Å²) in [6, 6.07) is 7.44. The lowest BCUT2D eigenvalue weighted by Gasteiger charge is -2.33. The van der Waals surface area contributed by atoms with Gasteiger partial charge >= 0.3 is 0 Å². The molecule has 0 amide bonds. The highest BCUT2D eigenvalue weighted by molar-refractivity contribution is 5.51. The molecule has 0 aliphatic carbocycles. The van der Waals surface area contributed by atoms with Gasteiger partial charge in [-0.3, -0.25) is 0 Å². The number of anilines is 1. The maximum absolute atomic E-state index is 3.47. The third-order valence-electron chi connectivity index (χ3n) is 3.43. The van der Waals surface area contributed by atoms with E-state index in [0.29, 0.717) is 6.04 Å². The predicted octanol–water partition coefficient (Wildman–Crippen LogP) is 2.49. The number of aryl methyl sites for hydroxylation is 2. The van der Waals surface area contributed by atoms with Crippen molar-refractivity contribution < 1.29 is 0 Å². The van der Waals surface area contributed by atoms with Crippen molar-refractivity contribution in [1.82, 2.24) is 5.32 Å². The van der Waals surface area contributed by atoms with Gasteiger partial charge in [-0.1, -0.05) is 6.07 Å². The largest absolute Gasteiger partial charge is 0.370 e. The molecule has 1 saturated heterocycles. The van der Waals surface area contributed by atoms with Crippen molar-refractivity contribution in [2.24, 2.45) is 0 Å². The van der Waals surface area contributed by atoms with Gasteiger partial charge in [0.05, 0.1) is 0 Å². The van der Waals surface area contributed by atoms with Crippen LogP contribution in [0.4, 0.5) is 5.69 Å². The molecule has 0 bridgehead atoms. The highest BCUT2D eigenvalue weighted by atomic mass is 15.2. The second-order valence-corrected chi connectivity index (χ2v) is 4.96. The van der Waals surface area contributed by atoms with Crippen LogP contribution in [-0.4, -0.2) is 26.2 Å². The number of nitrogens with zero attached hydrogens (tertiary/aromatic N) is 1. The first-order chi connectivity index (χ1) is 7.66. The lowest BCUT2D eigenvalue weighted by atomic mass is 10.0. The van der Waals surface area contributed by atoms with Crippen LogP contribution in [0.5, 0.6) is 0 Å². The number of benzene rings is 1. The Bertz CT molecular complexity index is 334. The highest BCUT2D eigenvalue weighted by Gasteiger charge is 2.18. The molecule has 1 aromatic rings. The Labute approximate surface area is 98.7 Å². The van der Waals surface area contributed by atoms with E-state index >= 15 is 0 Å². The lowest BCUT2D eigenvalue weighted by Crippen LogP contribution is -2.44. The van der Waals surface area contributed by atoms with E-state index in [1.165, 1.54) is 36.2 Å². The topological polar surface area (TPSA) is 15.3 Å². The van der Waals surface area contributed by atoms with Crippen LogP contribution in [0.2, 0.25) is 0 Å². The maximum atomic E-state index is 3.47. The highest BCUT2D eigenvalue weighted by Crippen LogP contribution is 2.21. The fourth-order valence-corrected chi connectivity index (χ4v) is 2.53. The molecule has 88 valence electrons.